The summed E-state index contributed by atoms with van der Waals surface area (Å²) in [6, 6.07) is 1.71. The first-order valence-electron chi connectivity index (χ1n) is 6.09. The van der Waals surface area contributed by atoms with Gasteiger partial charge in [-0.15, -0.1) is 0 Å². The summed E-state index contributed by atoms with van der Waals surface area (Å²) in [6.07, 6.45) is 1.20. The predicted octanol–water partition coefficient (Wildman–Crippen LogP) is -0.154. The summed E-state index contributed by atoms with van der Waals surface area (Å²) in [6.45, 7) is 3.16. The fourth-order valence-electron chi connectivity index (χ4n) is 1.66. The van der Waals surface area contributed by atoms with E-state index in [0.29, 0.717) is 12.1 Å². The van der Waals surface area contributed by atoms with Gasteiger partial charge in [0.25, 0.3) is 5.91 Å². The number of carbonyl (C=O) groups is 1. The van der Waals surface area contributed by atoms with Gasteiger partial charge in [-0.1, -0.05) is 13.8 Å². The first-order chi connectivity index (χ1) is 8.51. The van der Waals surface area contributed by atoms with Gasteiger partial charge in [-0.2, -0.15) is 5.10 Å². The number of aliphatic hydroxyl groups is 2. The molecule has 0 aliphatic carbocycles. The van der Waals surface area contributed by atoms with E-state index in [4.69, 9.17) is 0 Å². The molecule has 18 heavy (non-hydrogen) atoms. The van der Waals surface area contributed by atoms with Crippen LogP contribution in [0.25, 0.3) is 0 Å². The molecule has 0 fully saturated rings. The molecule has 1 heterocycles. The molecule has 0 aromatic carbocycles. The molecule has 1 rings (SSSR count). The summed E-state index contributed by atoms with van der Waals surface area (Å²) in [5.41, 5.74) is 0.276. The second kappa shape index (κ2) is 5.97. The predicted molar refractivity (Wildman–Crippen MR) is 67.2 cm³/mol. The molecule has 6 nitrogen and oxygen atoms in total. The van der Waals surface area contributed by atoms with E-state index in [-0.39, 0.29) is 19.1 Å². The van der Waals surface area contributed by atoms with Crippen LogP contribution in [0.5, 0.6) is 0 Å². The zero-order valence-corrected chi connectivity index (χ0v) is 11.1. The van der Waals surface area contributed by atoms with Gasteiger partial charge in [0, 0.05) is 7.05 Å². The van der Waals surface area contributed by atoms with Gasteiger partial charge in [-0.3, -0.25) is 9.48 Å². The topological polar surface area (TPSA) is 87.4 Å². The van der Waals surface area contributed by atoms with E-state index in [2.05, 4.69) is 10.4 Å². The largest absolute Gasteiger partial charge is 0.394 e. The third-order valence-corrected chi connectivity index (χ3v) is 3.19. The number of rotatable bonds is 6. The van der Waals surface area contributed by atoms with Crippen molar-refractivity contribution in [2.45, 2.75) is 32.2 Å². The highest BCUT2D eigenvalue weighted by Gasteiger charge is 2.29. The molecule has 3 N–H and O–H groups in total. The average Bonchev–Trinajstić information content (AvgIpc) is 2.77. The van der Waals surface area contributed by atoms with Crippen molar-refractivity contribution in [1.82, 2.24) is 15.1 Å². The Morgan fingerprint density at radius 3 is 2.44 bits per heavy atom. The van der Waals surface area contributed by atoms with E-state index in [1.807, 2.05) is 6.92 Å². The molecule has 102 valence electrons. The number of aliphatic hydroxyl groups excluding tert-OH is 2. The van der Waals surface area contributed by atoms with Crippen molar-refractivity contribution < 1.29 is 15.0 Å². The second-order valence-electron chi connectivity index (χ2n) is 4.40. The smallest absolute Gasteiger partial charge is 0.270 e. The van der Waals surface area contributed by atoms with Gasteiger partial charge in [-0.05, 0) is 18.9 Å². The third kappa shape index (κ3) is 2.88. The van der Waals surface area contributed by atoms with Crippen LogP contribution in [-0.2, 0) is 13.5 Å². The van der Waals surface area contributed by atoms with Gasteiger partial charge in [-0.25, -0.2) is 0 Å². The van der Waals surface area contributed by atoms with Crippen LogP contribution in [0.2, 0.25) is 0 Å². The maximum atomic E-state index is 12.1. The van der Waals surface area contributed by atoms with Crippen molar-refractivity contribution >= 4 is 5.91 Å². The van der Waals surface area contributed by atoms with Gasteiger partial charge in [0.05, 0.1) is 24.4 Å². The van der Waals surface area contributed by atoms with Crippen LogP contribution in [0.4, 0.5) is 0 Å². The number of nitrogens with one attached hydrogen (secondary N) is 1. The normalized spacial score (nSPS) is 11.6. The summed E-state index contributed by atoms with van der Waals surface area (Å²) >= 11 is 0. The van der Waals surface area contributed by atoms with Gasteiger partial charge in [0.1, 0.15) is 5.69 Å². The Kier molecular flexibility index (Phi) is 4.86. The molecule has 0 atom stereocenters. The van der Waals surface area contributed by atoms with E-state index in [1.165, 1.54) is 4.68 Å². The van der Waals surface area contributed by atoms with E-state index < -0.39 is 5.54 Å². The minimum Gasteiger partial charge on any atom is -0.394 e. The molecule has 6 heteroatoms. The van der Waals surface area contributed by atoms with Crippen molar-refractivity contribution in [3.63, 3.8) is 0 Å². The van der Waals surface area contributed by atoms with Crippen LogP contribution < -0.4 is 5.32 Å². The Bertz CT molecular complexity index is 402. The first kappa shape index (κ1) is 14.7. The van der Waals surface area contributed by atoms with Gasteiger partial charge < -0.3 is 15.5 Å². The SMILES string of the molecule is CCc1cc(C(=O)NC(CC)(CO)CO)n(C)n1. The van der Waals surface area contributed by atoms with E-state index in [0.717, 1.165) is 12.1 Å². The molecular weight excluding hydrogens is 234 g/mol. The number of amides is 1. The van der Waals surface area contributed by atoms with Crippen molar-refractivity contribution in [1.29, 1.82) is 0 Å². The molecular formula is C12H21N3O3. The van der Waals surface area contributed by atoms with Crippen LogP contribution in [0.1, 0.15) is 36.5 Å². The first-order valence-corrected chi connectivity index (χ1v) is 6.09. The molecule has 1 aromatic rings. The lowest BCUT2D eigenvalue weighted by Gasteiger charge is -2.29. The lowest BCUT2D eigenvalue weighted by Crippen LogP contribution is -2.54. The van der Waals surface area contributed by atoms with Crippen molar-refractivity contribution in [3.8, 4) is 0 Å². The minimum atomic E-state index is -0.978. The lowest BCUT2D eigenvalue weighted by molar-refractivity contribution is 0.0645. The van der Waals surface area contributed by atoms with Crippen LogP contribution in [-0.4, -0.2) is 44.7 Å². The lowest BCUT2D eigenvalue weighted by atomic mass is 9.98. The zero-order chi connectivity index (χ0) is 13.8. The molecule has 0 saturated heterocycles. The number of nitrogens with zero attached hydrogens (tertiary/aromatic N) is 2. The van der Waals surface area contributed by atoms with E-state index in [1.54, 1.807) is 20.0 Å². The number of aryl methyl sites for hydroxylation is 2. The van der Waals surface area contributed by atoms with E-state index >= 15 is 0 Å². The second-order valence-corrected chi connectivity index (χ2v) is 4.40. The maximum Gasteiger partial charge on any atom is 0.270 e. The number of carbonyl (C=O) groups excluding carboxylic acids is 1. The Morgan fingerprint density at radius 1 is 1.44 bits per heavy atom. The molecule has 0 radical (unpaired) electrons. The van der Waals surface area contributed by atoms with Crippen molar-refractivity contribution in [2.24, 2.45) is 7.05 Å². The summed E-state index contributed by atoms with van der Waals surface area (Å²) in [5.74, 6) is -0.338. The number of aromatic nitrogens is 2. The quantitative estimate of drug-likeness (QED) is 0.659. The van der Waals surface area contributed by atoms with E-state index in [9.17, 15) is 15.0 Å². The molecule has 1 aromatic heterocycles. The highest BCUT2D eigenvalue weighted by Crippen LogP contribution is 2.11. The number of hydrogen-bond donors (Lipinski definition) is 3. The molecule has 1 amide bonds. The molecule has 0 spiro atoms. The van der Waals surface area contributed by atoms with Crippen LogP contribution in [0, 0.1) is 0 Å². The summed E-state index contributed by atoms with van der Waals surface area (Å²) < 4.78 is 1.50. The van der Waals surface area contributed by atoms with Gasteiger partial charge >= 0.3 is 0 Å². The Morgan fingerprint density at radius 2 is 2.06 bits per heavy atom. The van der Waals surface area contributed by atoms with Crippen molar-refractivity contribution in [3.05, 3.63) is 17.5 Å². The van der Waals surface area contributed by atoms with Gasteiger partial charge in [0.2, 0.25) is 0 Å². The fraction of sp³-hybridized carbons (Fsp3) is 0.667. The zero-order valence-electron chi connectivity index (χ0n) is 11.1. The van der Waals surface area contributed by atoms with Crippen LogP contribution >= 0.6 is 0 Å². The minimum absolute atomic E-state index is 0.301. The highest BCUT2D eigenvalue weighted by molar-refractivity contribution is 5.93. The molecule has 0 saturated carbocycles. The monoisotopic (exact) mass is 255 g/mol. The summed E-state index contributed by atoms with van der Waals surface area (Å²) in [5, 5.41) is 25.5. The van der Waals surface area contributed by atoms with Gasteiger partial charge in [0.15, 0.2) is 0 Å². The Hall–Kier alpha value is -1.40. The molecule has 0 bridgehead atoms. The molecule has 0 unspecified atom stereocenters. The van der Waals surface area contributed by atoms with Crippen molar-refractivity contribution in [2.75, 3.05) is 13.2 Å². The van der Waals surface area contributed by atoms with Crippen LogP contribution in [0.15, 0.2) is 6.07 Å². The highest BCUT2D eigenvalue weighted by atomic mass is 16.3. The molecule has 0 aliphatic rings. The molecule has 0 aliphatic heterocycles. The third-order valence-electron chi connectivity index (χ3n) is 3.19. The fourth-order valence-corrected chi connectivity index (χ4v) is 1.66. The average molecular weight is 255 g/mol. The number of hydrogen-bond acceptors (Lipinski definition) is 4. The van der Waals surface area contributed by atoms with Crippen LogP contribution in [0.3, 0.4) is 0 Å². The Balaban J connectivity index is 2.90. The maximum absolute atomic E-state index is 12.1. The standard InChI is InChI=1S/C12H21N3O3/c1-4-9-6-10(15(3)14-9)11(18)13-12(5-2,7-16)8-17/h6,16-17H,4-5,7-8H2,1-3H3,(H,13,18). The summed E-state index contributed by atoms with van der Waals surface area (Å²) in [4.78, 5) is 12.1. The summed E-state index contributed by atoms with van der Waals surface area (Å²) in [7, 11) is 1.69. The Labute approximate surface area is 107 Å².